The second-order valence-electron chi connectivity index (χ2n) is 8.26. The SMILES string of the molecule is NC(=O)c1nncc(C2CC2)c1C1CN(Cc2cnn(Cc3ccc(Cl)cc3)c2)C1. The minimum absolute atomic E-state index is 0.280. The van der Waals surface area contributed by atoms with Gasteiger partial charge >= 0.3 is 0 Å². The highest BCUT2D eigenvalue weighted by Crippen LogP contribution is 2.45. The lowest BCUT2D eigenvalue weighted by Gasteiger charge is -2.40. The second kappa shape index (κ2) is 7.81. The Balaban J connectivity index is 1.23. The van der Waals surface area contributed by atoms with Crippen molar-refractivity contribution in [3.05, 3.63) is 75.8 Å². The normalized spacial score (nSPS) is 17.1. The van der Waals surface area contributed by atoms with Crippen molar-refractivity contribution in [1.82, 2.24) is 24.9 Å². The molecule has 0 spiro atoms. The lowest BCUT2D eigenvalue weighted by Crippen LogP contribution is -2.45. The smallest absolute Gasteiger partial charge is 0.269 e. The molecule has 2 aromatic heterocycles. The van der Waals surface area contributed by atoms with Crippen LogP contribution < -0.4 is 5.73 Å². The van der Waals surface area contributed by atoms with E-state index in [1.807, 2.05) is 41.3 Å². The van der Waals surface area contributed by atoms with Crippen molar-refractivity contribution in [2.24, 2.45) is 5.73 Å². The van der Waals surface area contributed by atoms with Gasteiger partial charge in [-0.25, -0.2) is 0 Å². The number of aromatic nitrogens is 4. The Hall–Kier alpha value is -2.77. The lowest BCUT2D eigenvalue weighted by atomic mass is 9.85. The number of amides is 1. The van der Waals surface area contributed by atoms with Gasteiger partial charge in [-0.15, -0.1) is 5.10 Å². The molecule has 1 aliphatic carbocycles. The molecule has 0 atom stereocenters. The van der Waals surface area contributed by atoms with Gasteiger partial charge in [0.25, 0.3) is 5.91 Å². The van der Waals surface area contributed by atoms with Gasteiger partial charge in [-0.3, -0.25) is 14.4 Å². The zero-order valence-electron chi connectivity index (χ0n) is 16.5. The summed E-state index contributed by atoms with van der Waals surface area (Å²) < 4.78 is 1.94. The summed E-state index contributed by atoms with van der Waals surface area (Å²) in [4.78, 5) is 14.3. The molecule has 154 valence electrons. The predicted octanol–water partition coefficient (Wildman–Crippen LogP) is 2.95. The van der Waals surface area contributed by atoms with E-state index in [0.29, 0.717) is 11.6 Å². The van der Waals surface area contributed by atoms with Gasteiger partial charge < -0.3 is 5.73 Å². The number of likely N-dealkylation sites (tertiary alicyclic amines) is 1. The first-order chi connectivity index (χ1) is 14.6. The average Bonchev–Trinajstić information content (AvgIpc) is 3.46. The van der Waals surface area contributed by atoms with Gasteiger partial charge in [-0.2, -0.15) is 10.2 Å². The zero-order valence-corrected chi connectivity index (χ0v) is 17.3. The largest absolute Gasteiger partial charge is 0.364 e. The van der Waals surface area contributed by atoms with Crippen molar-refractivity contribution in [1.29, 1.82) is 0 Å². The maximum Gasteiger partial charge on any atom is 0.269 e. The third kappa shape index (κ3) is 3.95. The fraction of sp³-hybridized carbons (Fsp3) is 0.364. The Morgan fingerprint density at radius 1 is 1.07 bits per heavy atom. The first-order valence-corrected chi connectivity index (χ1v) is 10.6. The van der Waals surface area contributed by atoms with Gasteiger partial charge in [0.05, 0.1) is 18.9 Å². The number of hydrogen-bond donors (Lipinski definition) is 1. The van der Waals surface area contributed by atoms with Crippen molar-refractivity contribution in [3.8, 4) is 0 Å². The first kappa shape index (κ1) is 19.2. The molecule has 7 nitrogen and oxygen atoms in total. The molecule has 2 N–H and O–H groups in total. The van der Waals surface area contributed by atoms with Gasteiger partial charge in [-0.05, 0) is 47.6 Å². The van der Waals surface area contributed by atoms with Gasteiger partial charge in [0.15, 0.2) is 5.69 Å². The topological polar surface area (TPSA) is 89.9 Å². The van der Waals surface area contributed by atoms with E-state index in [1.54, 1.807) is 0 Å². The van der Waals surface area contributed by atoms with Gasteiger partial charge in [0.2, 0.25) is 0 Å². The molecular weight excluding hydrogens is 400 g/mol. The molecule has 1 aliphatic heterocycles. The Bertz CT molecular complexity index is 1070. The number of carbonyl (C=O) groups excluding carboxylic acids is 1. The summed E-state index contributed by atoms with van der Waals surface area (Å²) >= 11 is 5.95. The molecule has 1 amide bonds. The number of carbonyl (C=O) groups is 1. The molecule has 5 rings (SSSR count). The molecule has 1 aromatic carbocycles. The Labute approximate surface area is 179 Å². The van der Waals surface area contributed by atoms with Gasteiger partial charge in [0, 0.05) is 42.3 Å². The van der Waals surface area contributed by atoms with E-state index in [4.69, 9.17) is 17.3 Å². The molecule has 3 heterocycles. The number of hydrogen-bond acceptors (Lipinski definition) is 5. The van der Waals surface area contributed by atoms with Crippen molar-refractivity contribution in [2.45, 2.75) is 37.8 Å². The quantitative estimate of drug-likeness (QED) is 0.632. The molecule has 1 saturated carbocycles. The third-order valence-electron chi connectivity index (χ3n) is 5.89. The molecule has 8 heteroatoms. The van der Waals surface area contributed by atoms with Gasteiger partial charge in [0.1, 0.15) is 0 Å². The molecule has 0 unspecified atom stereocenters. The standard InChI is InChI=1S/C22H23ClN6O/c23-18-5-1-14(2-6-18)10-29-11-15(7-26-29)9-28-12-17(13-28)20-19(16-3-4-16)8-25-27-21(20)22(24)30/h1-2,5-8,11,16-17H,3-4,9-10,12-13H2,(H2,24,30). The van der Waals surface area contributed by atoms with Crippen LogP contribution in [-0.4, -0.2) is 43.9 Å². The maximum absolute atomic E-state index is 11.9. The highest BCUT2D eigenvalue weighted by Gasteiger charge is 2.37. The highest BCUT2D eigenvalue weighted by atomic mass is 35.5. The van der Waals surface area contributed by atoms with Crippen molar-refractivity contribution < 1.29 is 4.79 Å². The van der Waals surface area contributed by atoms with E-state index in [9.17, 15) is 4.79 Å². The summed E-state index contributed by atoms with van der Waals surface area (Å²) in [5.74, 6) is 0.304. The van der Waals surface area contributed by atoms with Gasteiger partial charge in [-0.1, -0.05) is 23.7 Å². The van der Waals surface area contributed by atoms with Crippen LogP contribution in [0.5, 0.6) is 0 Å². The van der Waals surface area contributed by atoms with Crippen LogP contribution in [0.2, 0.25) is 5.02 Å². The predicted molar refractivity (Wildman–Crippen MR) is 113 cm³/mol. The fourth-order valence-corrected chi connectivity index (χ4v) is 4.36. The number of nitrogens with zero attached hydrogens (tertiary/aromatic N) is 5. The van der Waals surface area contributed by atoms with Crippen LogP contribution in [0.3, 0.4) is 0 Å². The molecule has 30 heavy (non-hydrogen) atoms. The van der Waals surface area contributed by atoms with Crippen molar-refractivity contribution >= 4 is 17.5 Å². The zero-order chi connectivity index (χ0) is 20.7. The molecule has 1 saturated heterocycles. The summed E-state index contributed by atoms with van der Waals surface area (Å²) in [6.07, 6.45) is 8.13. The number of benzene rings is 1. The summed E-state index contributed by atoms with van der Waals surface area (Å²) in [7, 11) is 0. The van der Waals surface area contributed by atoms with Crippen LogP contribution in [0.25, 0.3) is 0 Å². The van der Waals surface area contributed by atoms with E-state index < -0.39 is 5.91 Å². The first-order valence-electron chi connectivity index (χ1n) is 10.2. The second-order valence-corrected chi connectivity index (χ2v) is 8.70. The van der Waals surface area contributed by atoms with E-state index in [-0.39, 0.29) is 5.92 Å². The van der Waals surface area contributed by atoms with Crippen LogP contribution in [-0.2, 0) is 13.1 Å². The fourth-order valence-electron chi connectivity index (χ4n) is 4.23. The molecule has 0 radical (unpaired) electrons. The van der Waals surface area contributed by atoms with E-state index in [0.717, 1.165) is 55.2 Å². The highest BCUT2D eigenvalue weighted by molar-refractivity contribution is 6.30. The van der Waals surface area contributed by atoms with E-state index >= 15 is 0 Å². The molecule has 2 aliphatic rings. The Morgan fingerprint density at radius 2 is 1.83 bits per heavy atom. The third-order valence-corrected chi connectivity index (χ3v) is 6.14. The molecule has 0 bridgehead atoms. The summed E-state index contributed by atoms with van der Waals surface area (Å²) in [5, 5.41) is 13.3. The lowest BCUT2D eigenvalue weighted by molar-refractivity contribution is 0.0985. The van der Waals surface area contributed by atoms with Crippen LogP contribution >= 0.6 is 11.6 Å². The number of halogens is 1. The molecular formula is C22H23ClN6O. The summed E-state index contributed by atoms with van der Waals surface area (Å²) in [6, 6.07) is 7.82. The van der Waals surface area contributed by atoms with Crippen LogP contribution in [0.1, 0.15) is 57.4 Å². The summed E-state index contributed by atoms with van der Waals surface area (Å²) in [5.41, 5.74) is 10.5. The Morgan fingerprint density at radius 3 is 2.53 bits per heavy atom. The maximum atomic E-state index is 11.9. The number of nitrogens with two attached hydrogens (primary N) is 1. The van der Waals surface area contributed by atoms with Crippen LogP contribution in [0.15, 0.2) is 42.9 Å². The Kier molecular flexibility index (Phi) is 5.00. The van der Waals surface area contributed by atoms with Crippen LogP contribution in [0, 0.1) is 0 Å². The summed E-state index contributed by atoms with van der Waals surface area (Å²) in [6.45, 7) is 3.32. The average molecular weight is 423 g/mol. The molecule has 3 aromatic rings. The molecule has 2 fully saturated rings. The number of primary amides is 1. The number of rotatable bonds is 7. The van der Waals surface area contributed by atoms with Crippen molar-refractivity contribution in [3.63, 3.8) is 0 Å². The van der Waals surface area contributed by atoms with Crippen molar-refractivity contribution in [2.75, 3.05) is 13.1 Å². The van der Waals surface area contributed by atoms with E-state index in [2.05, 4.69) is 26.4 Å². The minimum Gasteiger partial charge on any atom is -0.364 e. The van der Waals surface area contributed by atoms with E-state index in [1.165, 1.54) is 11.1 Å². The minimum atomic E-state index is -0.484. The monoisotopic (exact) mass is 422 g/mol. The van der Waals surface area contributed by atoms with Crippen LogP contribution in [0.4, 0.5) is 0 Å².